The van der Waals surface area contributed by atoms with Crippen molar-refractivity contribution in [2.75, 3.05) is 6.61 Å². The molecule has 0 spiro atoms. The Bertz CT molecular complexity index is 301. The predicted molar refractivity (Wildman–Crippen MR) is 56.8 cm³/mol. The minimum Gasteiger partial charge on any atom is -0.465 e. The van der Waals surface area contributed by atoms with E-state index in [1.165, 1.54) is 5.57 Å². The monoisotopic (exact) mass is 207 g/mol. The molecule has 0 aliphatic heterocycles. The fraction of sp³-hybridized carbons (Fsp3) is 0.667. The van der Waals surface area contributed by atoms with Gasteiger partial charge in [-0.15, -0.1) is 0 Å². The summed E-state index contributed by atoms with van der Waals surface area (Å²) >= 11 is 0. The zero-order valence-electron chi connectivity index (χ0n) is 9.32. The van der Waals surface area contributed by atoms with E-state index in [1.807, 2.05) is 0 Å². The molecule has 0 bridgehead atoms. The summed E-state index contributed by atoms with van der Waals surface area (Å²) in [4.78, 5) is 11.5. The first kappa shape index (κ1) is 11.8. The molecule has 0 radical (unpaired) electrons. The zero-order chi connectivity index (χ0) is 11.3. The molecule has 82 valence electrons. The summed E-state index contributed by atoms with van der Waals surface area (Å²) in [7, 11) is 0. The van der Waals surface area contributed by atoms with Gasteiger partial charge in [-0.05, 0) is 39.0 Å². The third kappa shape index (κ3) is 3.09. The topological polar surface area (TPSA) is 50.1 Å². The first-order valence-electron chi connectivity index (χ1n) is 5.41. The summed E-state index contributed by atoms with van der Waals surface area (Å²) in [5, 5.41) is 8.97. The molecule has 3 nitrogen and oxygen atoms in total. The van der Waals surface area contributed by atoms with Gasteiger partial charge in [-0.3, -0.25) is 4.79 Å². The van der Waals surface area contributed by atoms with E-state index >= 15 is 0 Å². The minimum atomic E-state index is -0.589. The Morgan fingerprint density at radius 3 is 3.00 bits per heavy atom. The lowest BCUT2D eigenvalue weighted by molar-refractivity contribution is -0.147. The van der Waals surface area contributed by atoms with Gasteiger partial charge in [0.05, 0.1) is 12.7 Å². The molecule has 0 aromatic rings. The Morgan fingerprint density at radius 1 is 1.80 bits per heavy atom. The summed E-state index contributed by atoms with van der Waals surface area (Å²) in [5.74, 6) is -0.815. The predicted octanol–water partition coefficient (Wildman–Crippen LogP) is 2.44. The van der Waals surface area contributed by atoms with Crippen LogP contribution in [0.25, 0.3) is 0 Å². The van der Waals surface area contributed by atoms with E-state index in [9.17, 15) is 4.79 Å². The number of rotatable bonds is 3. The van der Waals surface area contributed by atoms with E-state index in [1.54, 1.807) is 6.92 Å². The van der Waals surface area contributed by atoms with Gasteiger partial charge in [0.25, 0.3) is 0 Å². The summed E-state index contributed by atoms with van der Waals surface area (Å²) in [6.07, 6.45) is 4.85. The Balaban J connectivity index is 2.61. The Morgan fingerprint density at radius 2 is 2.53 bits per heavy atom. The maximum absolute atomic E-state index is 11.5. The van der Waals surface area contributed by atoms with Crippen LogP contribution in [0.3, 0.4) is 0 Å². The van der Waals surface area contributed by atoms with E-state index in [0.29, 0.717) is 6.61 Å². The van der Waals surface area contributed by atoms with Crippen LogP contribution in [0.2, 0.25) is 0 Å². The molecule has 3 heteroatoms. The van der Waals surface area contributed by atoms with Crippen LogP contribution in [0.4, 0.5) is 0 Å². The normalized spacial score (nSPS) is 22.5. The largest absolute Gasteiger partial charge is 0.465 e. The number of hydrogen-bond donors (Lipinski definition) is 0. The molecule has 0 heterocycles. The van der Waals surface area contributed by atoms with Crippen molar-refractivity contribution in [3.05, 3.63) is 11.6 Å². The third-order valence-electron chi connectivity index (χ3n) is 2.83. The number of nitrogens with zero attached hydrogens (tertiary/aromatic N) is 1. The van der Waals surface area contributed by atoms with Crippen molar-refractivity contribution >= 4 is 5.97 Å². The van der Waals surface area contributed by atoms with Crippen LogP contribution in [-0.4, -0.2) is 12.6 Å². The molecule has 0 saturated heterocycles. The van der Waals surface area contributed by atoms with E-state index in [0.717, 1.165) is 19.3 Å². The molecule has 0 fully saturated rings. The molecule has 0 saturated carbocycles. The number of ether oxygens (including phenoxy) is 1. The fourth-order valence-corrected chi connectivity index (χ4v) is 1.87. The van der Waals surface area contributed by atoms with Gasteiger partial charge in [-0.2, -0.15) is 5.26 Å². The average Bonchev–Trinajstić information content (AvgIpc) is 2.22. The maximum atomic E-state index is 11.5. The number of carbonyl (C=O) groups is 1. The van der Waals surface area contributed by atoms with Crippen LogP contribution in [0.1, 0.15) is 33.1 Å². The minimum absolute atomic E-state index is 0.137. The van der Waals surface area contributed by atoms with Gasteiger partial charge in [0.15, 0.2) is 0 Å². The van der Waals surface area contributed by atoms with Crippen molar-refractivity contribution in [2.24, 2.45) is 11.8 Å². The maximum Gasteiger partial charge on any atom is 0.323 e. The van der Waals surface area contributed by atoms with Crippen LogP contribution in [0, 0.1) is 23.2 Å². The second kappa shape index (κ2) is 5.55. The fourth-order valence-electron chi connectivity index (χ4n) is 1.87. The van der Waals surface area contributed by atoms with E-state index in [2.05, 4.69) is 19.1 Å². The first-order chi connectivity index (χ1) is 7.19. The van der Waals surface area contributed by atoms with Crippen molar-refractivity contribution < 1.29 is 9.53 Å². The van der Waals surface area contributed by atoms with Crippen molar-refractivity contribution in [3.8, 4) is 6.07 Å². The highest BCUT2D eigenvalue weighted by atomic mass is 16.5. The molecule has 0 aromatic carbocycles. The van der Waals surface area contributed by atoms with Gasteiger partial charge in [-0.1, -0.05) is 11.6 Å². The highest BCUT2D eigenvalue weighted by molar-refractivity contribution is 5.75. The Hall–Kier alpha value is -1.30. The second-order valence-electron chi connectivity index (χ2n) is 3.94. The Kier molecular flexibility index (Phi) is 4.36. The number of allylic oxidation sites excluding steroid dienone is 2. The molecule has 1 rings (SSSR count). The zero-order valence-corrected chi connectivity index (χ0v) is 9.32. The molecule has 2 atom stereocenters. The number of hydrogen-bond acceptors (Lipinski definition) is 3. The van der Waals surface area contributed by atoms with Gasteiger partial charge in [0, 0.05) is 0 Å². The van der Waals surface area contributed by atoms with Crippen molar-refractivity contribution in [1.29, 1.82) is 5.26 Å². The van der Waals surface area contributed by atoms with Crippen LogP contribution >= 0.6 is 0 Å². The molecule has 2 unspecified atom stereocenters. The quantitative estimate of drug-likeness (QED) is 0.527. The molecular formula is C12H17NO2. The number of esters is 1. The smallest absolute Gasteiger partial charge is 0.323 e. The number of carbonyl (C=O) groups excluding carboxylic acids is 1. The molecule has 0 N–H and O–H groups in total. The van der Waals surface area contributed by atoms with Gasteiger partial charge in [-0.25, -0.2) is 0 Å². The highest BCUT2D eigenvalue weighted by Crippen LogP contribution is 2.29. The van der Waals surface area contributed by atoms with E-state index in [-0.39, 0.29) is 11.9 Å². The Labute approximate surface area is 90.7 Å². The highest BCUT2D eigenvalue weighted by Gasteiger charge is 2.29. The van der Waals surface area contributed by atoms with Gasteiger partial charge in [0.2, 0.25) is 0 Å². The third-order valence-corrected chi connectivity index (χ3v) is 2.83. The van der Waals surface area contributed by atoms with Gasteiger partial charge >= 0.3 is 5.97 Å². The van der Waals surface area contributed by atoms with Crippen LogP contribution in [-0.2, 0) is 9.53 Å². The van der Waals surface area contributed by atoms with Crippen molar-refractivity contribution in [2.45, 2.75) is 33.1 Å². The van der Waals surface area contributed by atoms with Gasteiger partial charge < -0.3 is 4.74 Å². The second-order valence-corrected chi connectivity index (χ2v) is 3.94. The number of nitriles is 1. The summed E-state index contributed by atoms with van der Waals surface area (Å²) < 4.78 is 4.89. The van der Waals surface area contributed by atoms with Crippen molar-refractivity contribution in [3.63, 3.8) is 0 Å². The van der Waals surface area contributed by atoms with E-state index in [4.69, 9.17) is 10.00 Å². The first-order valence-corrected chi connectivity index (χ1v) is 5.41. The lowest BCUT2D eigenvalue weighted by atomic mass is 9.81. The van der Waals surface area contributed by atoms with Gasteiger partial charge in [0.1, 0.15) is 5.92 Å². The summed E-state index contributed by atoms with van der Waals surface area (Å²) in [6, 6.07) is 2.07. The lowest BCUT2D eigenvalue weighted by Gasteiger charge is -2.23. The molecule has 15 heavy (non-hydrogen) atoms. The summed E-state index contributed by atoms with van der Waals surface area (Å²) in [5.41, 5.74) is 1.35. The average molecular weight is 207 g/mol. The van der Waals surface area contributed by atoms with Crippen LogP contribution in [0.5, 0.6) is 0 Å². The standard InChI is InChI=1S/C12H17NO2/c1-3-15-12(14)11(8-13)10-6-4-9(2)5-7-10/h4,10-11H,3,5-7H2,1-2H3. The molecule has 0 aromatic heterocycles. The van der Waals surface area contributed by atoms with Crippen LogP contribution < -0.4 is 0 Å². The van der Waals surface area contributed by atoms with Crippen molar-refractivity contribution in [1.82, 2.24) is 0 Å². The SMILES string of the molecule is CCOC(=O)C(C#N)C1CC=C(C)CC1. The lowest BCUT2D eigenvalue weighted by Crippen LogP contribution is -2.25. The molecule has 1 aliphatic rings. The molecule has 0 amide bonds. The molecule has 1 aliphatic carbocycles. The van der Waals surface area contributed by atoms with E-state index < -0.39 is 5.92 Å². The van der Waals surface area contributed by atoms with Crippen LogP contribution in [0.15, 0.2) is 11.6 Å². The summed E-state index contributed by atoms with van der Waals surface area (Å²) in [6.45, 7) is 4.19. The molecular weight excluding hydrogens is 190 g/mol.